The summed E-state index contributed by atoms with van der Waals surface area (Å²) in [5, 5.41) is 11.9. The van der Waals surface area contributed by atoms with Gasteiger partial charge in [-0.05, 0) is 23.6 Å². The Balaban J connectivity index is 1.82. The Hall–Kier alpha value is -2.08. The fourth-order valence-electron chi connectivity index (χ4n) is 2.80. The standard InChI is InChI=1S/C13H15N3O3/c14-10-4-8(17)3-7-5-16(6-9(7)10)11-1-2-12(18)15-13(11)19/h3-4,11,17H,1-2,5-6,14H2,(H,15,18,19). The second-order valence-corrected chi connectivity index (χ2v) is 5.04. The Morgan fingerprint density at radius 2 is 2.11 bits per heavy atom. The van der Waals surface area contributed by atoms with E-state index in [1.807, 2.05) is 4.90 Å². The summed E-state index contributed by atoms with van der Waals surface area (Å²) in [6.07, 6.45) is 0.897. The molecule has 0 bridgehead atoms. The van der Waals surface area contributed by atoms with E-state index in [0.29, 0.717) is 31.6 Å². The quantitative estimate of drug-likeness (QED) is 0.492. The maximum absolute atomic E-state index is 11.8. The van der Waals surface area contributed by atoms with E-state index in [2.05, 4.69) is 5.32 Å². The van der Waals surface area contributed by atoms with Crippen LogP contribution in [0.15, 0.2) is 12.1 Å². The van der Waals surface area contributed by atoms with Gasteiger partial charge < -0.3 is 10.8 Å². The first kappa shape index (κ1) is 12.0. The molecule has 1 fully saturated rings. The molecule has 0 aliphatic carbocycles. The number of piperidine rings is 1. The normalized spacial score (nSPS) is 23.3. The third kappa shape index (κ3) is 2.04. The van der Waals surface area contributed by atoms with Gasteiger partial charge in [0.2, 0.25) is 11.8 Å². The van der Waals surface area contributed by atoms with E-state index in [0.717, 1.165) is 11.1 Å². The molecule has 0 aromatic heterocycles. The second-order valence-electron chi connectivity index (χ2n) is 5.04. The zero-order valence-electron chi connectivity index (χ0n) is 10.3. The molecule has 19 heavy (non-hydrogen) atoms. The molecule has 2 aliphatic rings. The van der Waals surface area contributed by atoms with E-state index >= 15 is 0 Å². The number of phenols is 1. The molecular weight excluding hydrogens is 246 g/mol. The van der Waals surface area contributed by atoms with Gasteiger partial charge in [0, 0.05) is 31.3 Å². The number of anilines is 1. The van der Waals surface area contributed by atoms with Crippen LogP contribution in [0.4, 0.5) is 5.69 Å². The Morgan fingerprint density at radius 1 is 1.32 bits per heavy atom. The zero-order chi connectivity index (χ0) is 13.6. The fourth-order valence-corrected chi connectivity index (χ4v) is 2.80. The first-order valence-electron chi connectivity index (χ1n) is 6.22. The van der Waals surface area contributed by atoms with E-state index < -0.39 is 0 Å². The molecule has 3 rings (SSSR count). The number of benzene rings is 1. The van der Waals surface area contributed by atoms with E-state index in [-0.39, 0.29) is 23.6 Å². The number of imide groups is 1. The Morgan fingerprint density at radius 3 is 2.84 bits per heavy atom. The van der Waals surface area contributed by atoms with Crippen molar-refractivity contribution in [1.29, 1.82) is 0 Å². The summed E-state index contributed by atoms with van der Waals surface area (Å²) >= 11 is 0. The van der Waals surface area contributed by atoms with Crippen molar-refractivity contribution in [2.24, 2.45) is 0 Å². The molecule has 1 aromatic carbocycles. The summed E-state index contributed by atoms with van der Waals surface area (Å²) in [7, 11) is 0. The Kier molecular flexibility index (Phi) is 2.67. The van der Waals surface area contributed by atoms with Crippen molar-refractivity contribution >= 4 is 17.5 Å². The maximum Gasteiger partial charge on any atom is 0.243 e. The maximum atomic E-state index is 11.8. The molecule has 0 saturated carbocycles. The van der Waals surface area contributed by atoms with Gasteiger partial charge in [-0.25, -0.2) is 0 Å². The highest BCUT2D eigenvalue weighted by atomic mass is 16.3. The molecule has 0 radical (unpaired) electrons. The van der Waals surface area contributed by atoms with Crippen molar-refractivity contribution in [1.82, 2.24) is 10.2 Å². The molecule has 2 amide bonds. The molecule has 100 valence electrons. The molecule has 6 heteroatoms. The molecule has 1 atom stereocenters. The molecule has 1 aromatic rings. The number of rotatable bonds is 1. The van der Waals surface area contributed by atoms with E-state index in [1.54, 1.807) is 6.07 Å². The van der Waals surface area contributed by atoms with Gasteiger partial charge in [-0.1, -0.05) is 0 Å². The summed E-state index contributed by atoms with van der Waals surface area (Å²) in [5.74, 6) is -0.316. The van der Waals surface area contributed by atoms with Crippen LogP contribution in [0.2, 0.25) is 0 Å². The lowest BCUT2D eigenvalue weighted by atomic mass is 10.0. The van der Waals surface area contributed by atoms with Crippen LogP contribution in [-0.2, 0) is 22.7 Å². The highest BCUT2D eigenvalue weighted by Crippen LogP contribution is 2.33. The van der Waals surface area contributed by atoms with Crippen molar-refractivity contribution in [3.63, 3.8) is 0 Å². The van der Waals surface area contributed by atoms with Crippen molar-refractivity contribution in [2.45, 2.75) is 32.0 Å². The number of nitrogen functional groups attached to an aromatic ring is 1. The minimum absolute atomic E-state index is 0.140. The van der Waals surface area contributed by atoms with Crippen LogP contribution >= 0.6 is 0 Å². The largest absolute Gasteiger partial charge is 0.508 e. The number of hydrogen-bond donors (Lipinski definition) is 3. The number of carbonyl (C=O) groups is 2. The summed E-state index contributed by atoms with van der Waals surface area (Å²) < 4.78 is 0. The molecular formula is C13H15N3O3. The minimum Gasteiger partial charge on any atom is -0.508 e. The van der Waals surface area contributed by atoms with E-state index in [4.69, 9.17) is 5.73 Å². The third-order valence-corrected chi connectivity index (χ3v) is 3.75. The van der Waals surface area contributed by atoms with E-state index in [1.165, 1.54) is 6.07 Å². The predicted molar refractivity (Wildman–Crippen MR) is 67.9 cm³/mol. The van der Waals surface area contributed by atoms with Gasteiger partial charge >= 0.3 is 0 Å². The van der Waals surface area contributed by atoms with E-state index in [9.17, 15) is 14.7 Å². The van der Waals surface area contributed by atoms with Crippen LogP contribution in [0, 0.1) is 0 Å². The predicted octanol–water partition coefficient (Wildman–Crippen LogP) is 0.0952. The topological polar surface area (TPSA) is 95.7 Å². The van der Waals surface area contributed by atoms with Crippen molar-refractivity contribution in [3.05, 3.63) is 23.3 Å². The minimum atomic E-state index is -0.299. The van der Waals surface area contributed by atoms with Crippen LogP contribution in [-0.4, -0.2) is 27.9 Å². The van der Waals surface area contributed by atoms with Crippen LogP contribution in [0.1, 0.15) is 24.0 Å². The number of nitrogens with two attached hydrogens (primary N) is 1. The van der Waals surface area contributed by atoms with Gasteiger partial charge in [-0.3, -0.25) is 19.8 Å². The van der Waals surface area contributed by atoms with Gasteiger partial charge in [0.05, 0.1) is 6.04 Å². The number of nitrogens with one attached hydrogen (secondary N) is 1. The molecule has 1 unspecified atom stereocenters. The number of hydrogen-bond acceptors (Lipinski definition) is 5. The van der Waals surface area contributed by atoms with Crippen molar-refractivity contribution < 1.29 is 14.7 Å². The first-order valence-corrected chi connectivity index (χ1v) is 6.22. The second kappa shape index (κ2) is 4.24. The lowest BCUT2D eigenvalue weighted by Gasteiger charge is -2.29. The number of nitrogens with zero attached hydrogens (tertiary/aromatic N) is 1. The fraction of sp³-hybridized carbons (Fsp3) is 0.385. The summed E-state index contributed by atoms with van der Waals surface area (Å²) in [5.41, 5.74) is 8.33. The third-order valence-electron chi connectivity index (χ3n) is 3.75. The molecule has 0 spiro atoms. The molecule has 1 saturated heterocycles. The van der Waals surface area contributed by atoms with Gasteiger partial charge in [0.1, 0.15) is 5.75 Å². The average Bonchev–Trinajstić information content (AvgIpc) is 2.72. The number of aromatic hydroxyl groups is 1. The van der Waals surface area contributed by atoms with Crippen molar-refractivity contribution in [2.75, 3.05) is 5.73 Å². The highest BCUT2D eigenvalue weighted by molar-refractivity contribution is 6.00. The van der Waals surface area contributed by atoms with Gasteiger partial charge in [-0.15, -0.1) is 0 Å². The van der Waals surface area contributed by atoms with Crippen LogP contribution < -0.4 is 11.1 Å². The number of phenolic OH excluding ortho intramolecular Hbond substituents is 1. The van der Waals surface area contributed by atoms with Gasteiger partial charge in [0.25, 0.3) is 0 Å². The zero-order valence-corrected chi connectivity index (χ0v) is 10.3. The molecule has 2 heterocycles. The van der Waals surface area contributed by atoms with Gasteiger partial charge in [0.15, 0.2) is 0 Å². The smallest absolute Gasteiger partial charge is 0.243 e. The monoisotopic (exact) mass is 261 g/mol. The number of carbonyl (C=O) groups excluding carboxylic acids is 2. The number of amides is 2. The molecule has 2 aliphatic heterocycles. The average molecular weight is 261 g/mol. The van der Waals surface area contributed by atoms with Crippen LogP contribution in [0.5, 0.6) is 5.75 Å². The summed E-state index contributed by atoms with van der Waals surface area (Å²) in [6, 6.07) is 2.90. The molecule has 4 N–H and O–H groups in total. The van der Waals surface area contributed by atoms with Crippen LogP contribution in [0.25, 0.3) is 0 Å². The first-order chi connectivity index (χ1) is 9.04. The van der Waals surface area contributed by atoms with Crippen LogP contribution in [0.3, 0.4) is 0 Å². The van der Waals surface area contributed by atoms with Crippen molar-refractivity contribution in [3.8, 4) is 5.75 Å². The SMILES string of the molecule is Nc1cc(O)cc2c1CN(C1CCC(=O)NC1=O)C2. The lowest BCUT2D eigenvalue weighted by molar-refractivity contribution is -0.137. The number of fused-ring (bicyclic) bond motifs is 1. The Bertz CT molecular complexity index is 570. The Labute approximate surface area is 110 Å². The van der Waals surface area contributed by atoms with Gasteiger partial charge in [-0.2, -0.15) is 0 Å². The summed E-state index contributed by atoms with van der Waals surface area (Å²) in [6.45, 7) is 1.15. The summed E-state index contributed by atoms with van der Waals surface area (Å²) in [4.78, 5) is 25.0. The highest BCUT2D eigenvalue weighted by Gasteiger charge is 2.35. The lowest BCUT2D eigenvalue weighted by Crippen LogP contribution is -2.50. The molecule has 6 nitrogen and oxygen atoms in total.